The molecule has 0 aromatic rings. The highest BCUT2D eigenvalue weighted by Crippen LogP contribution is 2.45. The first-order valence-electron chi connectivity index (χ1n) is 36.1. The first-order chi connectivity index (χ1) is 46.7. The molecule has 0 aromatic heterocycles. The normalized spacial score (nSPS) is 14.9. The number of allylic oxidation sites excluding steroid dienone is 22. The van der Waals surface area contributed by atoms with Crippen molar-refractivity contribution in [1.29, 1.82) is 0 Å². The molecule has 546 valence electrons. The smallest absolute Gasteiger partial charge is 0.462 e. The van der Waals surface area contributed by atoms with Crippen molar-refractivity contribution in [3.05, 3.63) is 146 Å². The first-order valence-corrected chi connectivity index (χ1v) is 39.1. The number of carbonyl (C=O) groups is 4. The van der Waals surface area contributed by atoms with Crippen LogP contribution in [0.4, 0.5) is 0 Å². The fraction of sp³-hybridized carbons (Fsp3) is 0.636. The molecule has 0 radical (unpaired) electrons. The lowest BCUT2D eigenvalue weighted by atomic mass is 10.1. The molecule has 0 aliphatic heterocycles. The van der Waals surface area contributed by atoms with Crippen molar-refractivity contribution in [2.45, 2.75) is 277 Å². The fourth-order valence-electron chi connectivity index (χ4n) is 8.87. The lowest BCUT2D eigenvalue weighted by molar-refractivity contribution is -0.161. The van der Waals surface area contributed by atoms with Gasteiger partial charge in [-0.3, -0.25) is 37.3 Å². The van der Waals surface area contributed by atoms with Crippen LogP contribution < -0.4 is 0 Å². The molecule has 0 heterocycles. The van der Waals surface area contributed by atoms with Crippen molar-refractivity contribution >= 4 is 39.5 Å². The zero-order valence-corrected chi connectivity index (χ0v) is 61.0. The molecular weight excluding hydrogens is 1260 g/mol. The van der Waals surface area contributed by atoms with Crippen molar-refractivity contribution in [3.8, 4) is 0 Å². The summed E-state index contributed by atoms with van der Waals surface area (Å²) in [7, 11) is -10.0. The number of phosphoric acid groups is 2. The third kappa shape index (κ3) is 67.5. The number of carbonyl (C=O) groups excluding carboxylic acids is 4. The molecule has 96 heavy (non-hydrogen) atoms. The van der Waals surface area contributed by atoms with Gasteiger partial charge in [-0.2, -0.15) is 0 Å². The predicted molar refractivity (Wildman–Crippen MR) is 390 cm³/mol. The molecule has 0 aliphatic carbocycles. The molecule has 0 saturated heterocycles. The summed E-state index contributed by atoms with van der Waals surface area (Å²) >= 11 is 0. The van der Waals surface area contributed by atoms with E-state index in [1.54, 1.807) is 18.2 Å². The molecule has 0 aromatic carbocycles. The highest BCUT2D eigenvalue weighted by Gasteiger charge is 2.30. The number of phosphoric ester groups is 2. The van der Waals surface area contributed by atoms with Crippen molar-refractivity contribution in [2.75, 3.05) is 39.6 Å². The number of unbranched alkanes of at least 4 members (excludes halogenated alkanes) is 18. The van der Waals surface area contributed by atoms with E-state index in [0.29, 0.717) is 25.7 Å². The molecule has 0 rings (SSSR count). The van der Waals surface area contributed by atoms with E-state index < -0.39 is 97.5 Å². The number of hydrogen-bond donors (Lipinski definition) is 3. The van der Waals surface area contributed by atoms with Crippen LogP contribution in [-0.2, 0) is 65.4 Å². The van der Waals surface area contributed by atoms with Crippen LogP contribution in [0, 0.1) is 0 Å². The van der Waals surface area contributed by atoms with E-state index in [0.717, 1.165) is 128 Å². The van der Waals surface area contributed by atoms with E-state index in [2.05, 4.69) is 125 Å². The predicted octanol–water partition coefficient (Wildman–Crippen LogP) is 20.3. The molecule has 0 saturated carbocycles. The molecule has 5 unspecified atom stereocenters. The van der Waals surface area contributed by atoms with Gasteiger partial charge in [0.1, 0.15) is 19.3 Å². The Morgan fingerprint density at radius 1 is 0.312 bits per heavy atom. The fourth-order valence-corrected chi connectivity index (χ4v) is 10.5. The van der Waals surface area contributed by atoms with Crippen LogP contribution in [0.25, 0.3) is 0 Å². The molecule has 17 nitrogen and oxygen atoms in total. The van der Waals surface area contributed by atoms with Gasteiger partial charge in [-0.25, -0.2) is 9.13 Å². The summed E-state index contributed by atoms with van der Waals surface area (Å²) in [5.41, 5.74) is 0. The summed E-state index contributed by atoms with van der Waals surface area (Å²) in [6, 6.07) is 0. The third-order valence-corrected chi connectivity index (χ3v) is 16.2. The topological polar surface area (TPSA) is 237 Å². The van der Waals surface area contributed by atoms with E-state index in [1.165, 1.54) is 51.4 Å². The second kappa shape index (κ2) is 68.5. The molecule has 0 spiro atoms. The summed E-state index contributed by atoms with van der Waals surface area (Å²) in [4.78, 5) is 72.5. The van der Waals surface area contributed by atoms with E-state index in [4.69, 9.17) is 37.0 Å². The Morgan fingerprint density at radius 2 is 0.604 bits per heavy atom. The first kappa shape index (κ1) is 90.9. The van der Waals surface area contributed by atoms with Crippen LogP contribution in [-0.4, -0.2) is 96.7 Å². The Balaban J connectivity index is 5.48. The van der Waals surface area contributed by atoms with Crippen molar-refractivity contribution < 1.29 is 80.2 Å². The zero-order valence-electron chi connectivity index (χ0n) is 59.2. The van der Waals surface area contributed by atoms with Crippen LogP contribution in [0.15, 0.2) is 146 Å². The average molecular weight is 1390 g/mol. The minimum Gasteiger partial charge on any atom is -0.462 e. The highest BCUT2D eigenvalue weighted by molar-refractivity contribution is 7.47. The number of aliphatic hydroxyl groups excluding tert-OH is 1. The molecule has 5 atom stereocenters. The van der Waals surface area contributed by atoms with Gasteiger partial charge < -0.3 is 33.8 Å². The number of aliphatic hydroxyl groups is 1. The standard InChI is InChI=1S/C77H126O17P2/c1-5-9-13-17-21-25-29-32-35-38-42-45-49-53-57-61-74(79)87-67-72(93-76(81)63-59-55-51-47-41-28-24-20-16-12-8-4)69-91-95(83,84)89-65-71(78)66-90-96(85,86)92-70-73(94-77(82)64-60-56-52-48-44-40-37-34-31-27-23-19-15-11-7-3)68-88-75(80)62-58-54-50-46-43-39-36-33-30-26-22-18-14-10-6-2/h10-11,14-15,20,22-24,26-27,32-37,43-44,46,48,54,56,58,60,71-73,78H,5-9,12-13,16-19,21,25,28-31,38-42,45,47,49-53,55,57,59,61-70H2,1-4H3,(H,83,84)(H,85,86)/b14-10-,15-11-,24-20-,26-22-,27-23-,35-32-,36-33-,37-34-,46-43-,48-44-,58-54-,60-56-. The van der Waals surface area contributed by atoms with Crippen LogP contribution in [0.2, 0.25) is 0 Å². The maximum atomic E-state index is 13.0. The second-order valence-electron chi connectivity index (χ2n) is 23.4. The van der Waals surface area contributed by atoms with Crippen LogP contribution >= 0.6 is 15.6 Å². The third-order valence-electron chi connectivity index (χ3n) is 14.3. The van der Waals surface area contributed by atoms with E-state index in [1.807, 2.05) is 30.4 Å². The Morgan fingerprint density at radius 3 is 0.990 bits per heavy atom. The Kier molecular flexibility index (Phi) is 64.9. The number of rotatable bonds is 66. The van der Waals surface area contributed by atoms with Gasteiger partial charge in [-0.1, -0.05) is 257 Å². The summed E-state index contributed by atoms with van der Waals surface area (Å²) < 4.78 is 68.0. The van der Waals surface area contributed by atoms with Crippen molar-refractivity contribution in [3.63, 3.8) is 0 Å². The second-order valence-corrected chi connectivity index (χ2v) is 26.3. The van der Waals surface area contributed by atoms with Gasteiger partial charge in [0, 0.05) is 12.8 Å². The van der Waals surface area contributed by atoms with Gasteiger partial charge in [0.15, 0.2) is 12.2 Å². The van der Waals surface area contributed by atoms with Crippen molar-refractivity contribution in [1.82, 2.24) is 0 Å². The number of esters is 4. The highest BCUT2D eigenvalue weighted by atomic mass is 31.2. The molecule has 3 N–H and O–H groups in total. The molecular formula is C77H126O17P2. The minimum absolute atomic E-state index is 0.0751. The van der Waals surface area contributed by atoms with Crippen LogP contribution in [0.1, 0.15) is 259 Å². The Hall–Kier alpha value is -5.06. The lowest BCUT2D eigenvalue weighted by Crippen LogP contribution is -2.30. The summed E-state index contributed by atoms with van der Waals surface area (Å²) in [6.07, 6.45) is 76.4. The number of ether oxygens (including phenoxy) is 4. The molecule has 0 bridgehead atoms. The lowest BCUT2D eigenvalue weighted by Gasteiger charge is -2.21. The van der Waals surface area contributed by atoms with Gasteiger partial charge in [-0.15, -0.1) is 0 Å². The monoisotopic (exact) mass is 1380 g/mol. The zero-order chi connectivity index (χ0) is 70.4. The van der Waals surface area contributed by atoms with Gasteiger partial charge in [-0.05, 0) is 122 Å². The average Bonchev–Trinajstić information content (AvgIpc) is 1.09. The van der Waals surface area contributed by atoms with E-state index in [-0.39, 0.29) is 25.7 Å². The van der Waals surface area contributed by atoms with Gasteiger partial charge in [0.25, 0.3) is 0 Å². The summed E-state index contributed by atoms with van der Waals surface area (Å²) in [5.74, 6) is -2.50. The quantitative estimate of drug-likeness (QED) is 0.0169. The number of hydrogen-bond acceptors (Lipinski definition) is 15. The minimum atomic E-state index is -5.02. The molecule has 0 aliphatic rings. The van der Waals surface area contributed by atoms with Crippen LogP contribution in [0.3, 0.4) is 0 Å². The Bertz CT molecular complexity index is 2400. The van der Waals surface area contributed by atoms with E-state index in [9.17, 15) is 43.2 Å². The Labute approximate surface area is 579 Å². The van der Waals surface area contributed by atoms with Gasteiger partial charge in [0.2, 0.25) is 0 Å². The largest absolute Gasteiger partial charge is 0.472 e. The maximum absolute atomic E-state index is 13.0. The molecule has 0 amide bonds. The van der Waals surface area contributed by atoms with Crippen LogP contribution in [0.5, 0.6) is 0 Å². The SMILES string of the molecule is CC/C=C\C/C=C\C/C=C\C/C=C\C/C=C\CC(=O)OCC(COP(=O)(O)OCC(O)COP(=O)(O)OCC(COC(=O)CCCCCCC/C=C\CCCCCCCC)OC(=O)CCCCCCC/C=C\CCCC)OC(=O)C/C=C\C/C=C\C/C=C\C/C=C\C/C=C\CC. The summed E-state index contributed by atoms with van der Waals surface area (Å²) in [6.45, 7) is 4.31. The van der Waals surface area contributed by atoms with E-state index >= 15 is 0 Å². The molecule has 19 heteroatoms. The van der Waals surface area contributed by atoms with Gasteiger partial charge in [0.05, 0.1) is 39.3 Å². The summed E-state index contributed by atoms with van der Waals surface area (Å²) in [5, 5.41) is 10.6. The molecule has 0 fully saturated rings. The van der Waals surface area contributed by atoms with Crippen molar-refractivity contribution in [2.24, 2.45) is 0 Å². The van der Waals surface area contributed by atoms with Gasteiger partial charge >= 0.3 is 39.5 Å². The maximum Gasteiger partial charge on any atom is 0.472 e.